The second-order valence-corrected chi connectivity index (χ2v) is 3.45. The number of rotatable bonds is 5. The zero-order valence-electron chi connectivity index (χ0n) is 6.59. The number of Topliss-reactive ketones (excluding diaryl/α,β-unsaturated/α-hetero) is 1. The first kappa shape index (κ1) is 9.98. The van der Waals surface area contributed by atoms with Crippen LogP contribution < -0.4 is 5.73 Å². The highest BCUT2D eigenvalue weighted by Gasteiger charge is 2.03. The summed E-state index contributed by atoms with van der Waals surface area (Å²) in [5.74, 6) is 1.20. The van der Waals surface area contributed by atoms with Crippen molar-refractivity contribution in [2.24, 2.45) is 5.73 Å². The van der Waals surface area contributed by atoms with Crippen molar-refractivity contribution >= 4 is 17.5 Å². The van der Waals surface area contributed by atoms with Crippen molar-refractivity contribution in [1.82, 2.24) is 0 Å². The third kappa shape index (κ3) is 6.11. The molecule has 0 radical (unpaired) electrons. The molecule has 2 nitrogen and oxygen atoms in total. The number of nitrogens with two attached hydrogens (primary N) is 1. The van der Waals surface area contributed by atoms with Crippen molar-refractivity contribution < 1.29 is 4.79 Å². The van der Waals surface area contributed by atoms with E-state index in [2.05, 4.69) is 0 Å². The van der Waals surface area contributed by atoms with Crippen molar-refractivity contribution in [2.45, 2.75) is 25.8 Å². The van der Waals surface area contributed by atoms with Gasteiger partial charge in [0.25, 0.3) is 0 Å². The second-order valence-electron chi connectivity index (χ2n) is 2.46. The molecule has 10 heavy (non-hydrogen) atoms. The summed E-state index contributed by atoms with van der Waals surface area (Å²) in [6, 6.07) is 0.0226. The lowest BCUT2D eigenvalue weighted by Crippen LogP contribution is -2.19. The Hall–Kier alpha value is -0.0200. The molecule has 0 spiro atoms. The minimum atomic E-state index is 0.0226. The van der Waals surface area contributed by atoms with Crippen molar-refractivity contribution in [1.29, 1.82) is 0 Å². The maximum Gasteiger partial charge on any atom is 0.135 e. The Bertz CT molecular complexity index is 104. The quantitative estimate of drug-likeness (QED) is 0.655. The SMILES string of the molecule is CSCCC(=O)CC(C)N. The lowest BCUT2D eigenvalue weighted by atomic mass is 10.1. The number of ketones is 1. The molecule has 0 fully saturated rings. The van der Waals surface area contributed by atoms with Crippen LogP contribution in [-0.4, -0.2) is 23.8 Å². The van der Waals surface area contributed by atoms with E-state index in [4.69, 9.17) is 5.73 Å². The zero-order valence-corrected chi connectivity index (χ0v) is 7.41. The fraction of sp³-hybridized carbons (Fsp3) is 0.857. The van der Waals surface area contributed by atoms with Crippen LogP contribution in [0.25, 0.3) is 0 Å². The van der Waals surface area contributed by atoms with Gasteiger partial charge in [0.1, 0.15) is 5.78 Å². The molecule has 0 aliphatic heterocycles. The van der Waals surface area contributed by atoms with Crippen LogP contribution in [0.2, 0.25) is 0 Å². The van der Waals surface area contributed by atoms with E-state index in [1.165, 1.54) is 0 Å². The van der Waals surface area contributed by atoms with Crippen LogP contribution in [0.15, 0.2) is 0 Å². The summed E-state index contributed by atoms with van der Waals surface area (Å²) in [5.41, 5.74) is 5.44. The zero-order chi connectivity index (χ0) is 7.98. The first-order valence-corrected chi connectivity index (χ1v) is 4.82. The lowest BCUT2D eigenvalue weighted by Gasteiger charge is -2.01. The number of carbonyl (C=O) groups excluding carboxylic acids is 1. The Morgan fingerprint density at radius 2 is 2.30 bits per heavy atom. The van der Waals surface area contributed by atoms with Crippen LogP contribution in [-0.2, 0) is 4.79 Å². The molecule has 0 aliphatic rings. The van der Waals surface area contributed by atoms with Gasteiger partial charge in [0.15, 0.2) is 0 Å². The smallest absolute Gasteiger partial charge is 0.135 e. The monoisotopic (exact) mass is 161 g/mol. The predicted octanol–water partition coefficient (Wildman–Crippen LogP) is 1.05. The van der Waals surface area contributed by atoms with Gasteiger partial charge in [-0.05, 0) is 18.9 Å². The van der Waals surface area contributed by atoms with Crippen molar-refractivity contribution in [3.8, 4) is 0 Å². The molecule has 0 saturated heterocycles. The molecule has 0 rings (SSSR count). The Morgan fingerprint density at radius 1 is 1.70 bits per heavy atom. The van der Waals surface area contributed by atoms with E-state index >= 15 is 0 Å². The Labute approximate surface area is 66.6 Å². The predicted molar refractivity (Wildman–Crippen MR) is 46.3 cm³/mol. The minimum Gasteiger partial charge on any atom is -0.328 e. The van der Waals surface area contributed by atoms with Crippen molar-refractivity contribution in [2.75, 3.05) is 12.0 Å². The number of thioether (sulfide) groups is 1. The Balaban J connectivity index is 3.26. The average Bonchev–Trinajstić information content (AvgIpc) is 1.82. The van der Waals surface area contributed by atoms with Crippen molar-refractivity contribution in [3.63, 3.8) is 0 Å². The van der Waals surface area contributed by atoms with Gasteiger partial charge in [0, 0.05) is 18.9 Å². The van der Waals surface area contributed by atoms with Crippen LogP contribution in [0.4, 0.5) is 0 Å². The van der Waals surface area contributed by atoms with Gasteiger partial charge in [0.2, 0.25) is 0 Å². The third-order valence-corrected chi connectivity index (χ3v) is 1.75. The molecule has 0 aliphatic carbocycles. The largest absolute Gasteiger partial charge is 0.328 e. The summed E-state index contributed by atoms with van der Waals surface area (Å²) in [4.78, 5) is 10.9. The summed E-state index contributed by atoms with van der Waals surface area (Å²) < 4.78 is 0. The van der Waals surface area contributed by atoms with Gasteiger partial charge < -0.3 is 5.73 Å². The minimum absolute atomic E-state index is 0.0226. The number of hydrogen-bond acceptors (Lipinski definition) is 3. The Morgan fingerprint density at radius 3 is 2.70 bits per heavy atom. The van der Waals surface area contributed by atoms with Crippen LogP contribution >= 0.6 is 11.8 Å². The molecule has 2 N–H and O–H groups in total. The van der Waals surface area contributed by atoms with E-state index in [1.54, 1.807) is 11.8 Å². The molecule has 0 amide bonds. The van der Waals surface area contributed by atoms with Gasteiger partial charge in [-0.2, -0.15) is 11.8 Å². The third-order valence-electron chi connectivity index (χ3n) is 1.13. The highest BCUT2D eigenvalue weighted by Crippen LogP contribution is 1.99. The second kappa shape index (κ2) is 5.74. The van der Waals surface area contributed by atoms with Crippen LogP contribution in [0.3, 0.4) is 0 Å². The maximum absolute atomic E-state index is 10.9. The molecular weight excluding hydrogens is 146 g/mol. The van der Waals surface area contributed by atoms with Gasteiger partial charge in [-0.1, -0.05) is 0 Å². The molecule has 0 bridgehead atoms. The molecule has 0 aromatic heterocycles. The molecule has 0 saturated carbocycles. The van der Waals surface area contributed by atoms with Crippen LogP contribution in [0.5, 0.6) is 0 Å². The molecule has 0 aromatic rings. The normalized spacial score (nSPS) is 13.1. The lowest BCUT2D eigenvalue weighted by molar-refractivity contribution is -0.118. The molecule has 0 heterocycles. The summed E-state index contributed by atoms with van der Waals surface area (Å²) in [7, 11) is 0. The van der Waals surface area contributed by atoms with E-state index in [0.717, 1.165) is 5.75 Å². The van der Waals surface area contributed by atoms with Gasteiger partial charge in [0.05, 0.1) is 0 Å². The average molecular weight is 161 g/mol. The molecule has 60 valence electrons. The molecule has 1 unspecified atom stereocenters. The first-order valence-electron chi connectivity index (χ1n) is 3.43. The van der Waals surface area contributed by atoms with Gasteiger partial charge in [-0.3, -0.25) is 4.79 Å². The van der Waals surface area contributed by atoms with Crippen LogP contribution in [0, 0.1) is 0 Å². The number of carbonyl (C=O) groups is 1. The standard InChI is InChI=1S/C7H15NOS/c1-6(8)5-7(9)3-4-10-2/h6H,3-5,8H2,1-2H3. The molecule has 1 atom stereocenters. The van der Waals surface area contributed by atoms with Gasteiger partial charge in [-0.25, -0.2) is 0 Å². The van der Waals surface area contributed by atoms with Gasteiger partial charge >= 0.3 is 0 Å². The van der Waals surface area contributed by atoms with E-state index in [0.29, 0.717) is 12.8 Å². The van der Waals surface area contributed by atoms with Crippen LogP contribution in [0.1, 0.15) is 19.8 Å². The molecule has 0 aromatic carbocycles. The summed E-state index contributed by atoms with van der Waals surface area (Å²) in [6.07, 6.45) is 3.20. The van der Waals surface area contributed by atoms with Crippen molar-refractivity contribution in [3.05, 3.63) is 0 Å². The fourth-order valence-electron chi connectivity index (χ4n) is 0.677. The topological polar surface area (TPSA) is 43.1 Å². The molecule has 3 heteroatoms. The summed E-state index contributed by atoms with van der Waals surface area (Å²) in [6.45, 7) is 1.86. The summed E-state index contributed by atoms with van der Waals surface area (Å²) >= 11 is 1.70. The van der Waals surface area contributed by atoms with E-state index in [9.17, 15) is 4.79 Å². The number of hydrogen-bond donors (Lipinski definition) is 1. The summed E-state index contributed by atoms with van der Waals surface area (Å²) in [5, 5.41) is 0. The highest BCUT2D eigenvalue weighted by molar-refractivity contribution is 7.98. The fourth-order valence-corrected chi connectivity index (χ4v) is 1.11. The van der Waals surface area contributed by atoms with E-state index < -0.39 is 0 Å². The Kier molecular flexibility index (Phi) is 5.73. The molecular formula is C7H15NOS. The first-order chi connectivity index (χ1) is 4.66. The van der Waals surface area contributed by atoms with E-state index in [-0.39, 0.29) is 11.8 Å². The maximum atomic E-state index is 10.9. The van der Waals surface area contributed by atoms with E-state index in [1.807, 2.05) is 13.2 Å². The highest BCUT2D eigenvalue weighted by atomic mass is 32.2. The van der Waals surface area contributed by atoms with Gasteiger partial charge in [-0.15, -0.1) is 0 Å².